The molecule has 11 nitrogen and oxygen atoms in total. The van der Waals surface area contributed by atoms with E-state index in [4.69, 9.17) is 21.1 Å². The minimum atomic E-state index is -0.499. The number of piperidine rings is 1. The number of halogens is 1. The summed E-state index contributed by atoms with van der Waals surface area (Å²) >= 11 is 7.33. The maximum atomic E-state index is 12.9. The minimum absolute atomic E-state index is 0.114. The van der Waals surface area contributed by atoms with E-state index in [1.54, 1.807) is 26.3 Å². The third kappa shape index (κ3) is 4.84. The summed E-state index contributed by atoms with van der Waals surface area (Å²) in [6, 6.07) is 3.34. The van der Waals surface area contributed by atoms with Crippen LogP contribution in [0.3, 0.4) is 0 Å². The fourth-order valence-corrected chi connectivity index (χ4v) is 5.10. The molecular formula is C22H22ClN7O4S. The van der Waals surface area contributed by atoms with Gasteiger partial charge in [0.15, 0.2) is 5.13 Å². The molecule has 0 aromatic carbocycles. The van der Waals surface area contributed by atoms with Gasteiger partial charge in [-0.05, 0) is 19.4 Å². The van der Waals surface area contributed by atoms with Crippen molar-refractivity contribution in [2.24, 2.45) is 0 Å². The number of carbonyl (C=O) groups is 2. The highest BCUT2D eigenvalue weighted by Gasteiger charge is 2.34. The zero-order chi connectivity index (χ0) is 25.1. The monoisotopic (exact) mass is 515 g/mol. The number of nitriles is 1. The van der Waals surface area contributed by atoms with E-state index in [1.165, 1.54) is 24.8 Å². The number of aryl methyl sites for hydroxylation is 1. The smallest absolute Gasteiger partial charge is 0.350 e. The van der Waals surface area contributed by atoms with E-state index in [0.29, 0.717) is 46.6 Å². The molecule has 0 bridgehead atoms. The molecule has 13 heteroatoms. The standard InChI is InChI=1S/C22H22ClN7O4S/c1-11-16(23)12(8-24)17(27-11)20(31)28-13-5-7-30(9-15(13)33-2)22-29-18(14-4-6-25-10-26-14)19(35-22)21(32)34-3/h4,6,10,13,15,27H,5,7,9H2,1-3H3,(H,28,31)/t13-,15+/m1/s1. The molecule has 35 heavy (non-hydrogen) atoms. The van der Waals surface area contributed by atoms with Gasteiger partial charge >= 0.3 is 5.97 Å². The number of rotatable bonds is 6. The Bertz CT molecular complexity index is 1290. The summed E-state index contributed by atoms with van der Waals surface area (Å²) in [6.07, 6.45) is 3.16. The Hall–Kier alpha value is -3.53. The van der Waals surface area contributed by atoms with Crippen LogP contribution in [0.1, 0.15) is 37.8 Å². The average molecular weight is 516 g/mol. The number of aromatic nitrogens is 4. The number of hydrogen-bond donors (Lipinski definition) is 2. The van der Waals surface area contributed by atoms with Crippen LogP contribution in [0.2, 0.25) is 5.02 Å². The Morgan fingerprint density at radius 1 is 1.40 bits per heavy atom. The molecule has 3 aromatic rings. The molecule has 4 heterocycles. The molecule has 0 unspecified atom stereocenters. The van der Waals surface area contributed by atoms with Crippen LogP contribution in [-0.2, 0) is 9.47 Å². The maximum absolute atomic E-state index is 12.9. The summed E-state index contributed by atoms with van der Waals surface area (Å²) in [4.78, 5) is 43.3. The van der Waals surface area contributed by atoms with Crippen LogP contribution in [0.15, 0.2) is 18.6 Å². The topological polar surface area (TPSA) is 146 Å². The molecule has 0 saturated carbocycles. The Morgan fingerprint density at radius 3 is 2.86 bits per heavy atom. The van der Waals surface area contributed by atoms with E-state index in [1.807, 2.05) is 11.0 Å². The second-order valence-electron chi connectivity index (χ2n) is 7.77. The van der Waals surface area contributed by atoms with Crippen molar-refractivity contribution in [2.45, 2.75) is 25.5 Å². The van der Waals surface area contributed by atoms with Crippen molar-refractivity contribution in [3.05, 3.63) is 45.4 Å². The number of carbonyl (C=O) groups excluding carboxylic acids is 2. The van der Waals surface area contributed by atoms with Crippen molar-refractivity contribution in [2.75, 3.05) is 32.2 Å². The molecule has 3 aromatic heterocycles. The van der Waals surface area contributed by atoms with Crippen molar-refractivity contribution in [1.29, 1.82) is 5.26 Å². The van der Waals surface area contributed by atoms with Crippen LogP contribution in [0.4, 0.5) is 5.13 Å². The van der Waals surface area contributed by atoms with Gasteiger partial charge in [0.05, 0.1) is 30.0 Å². The van der Waals surface area contributed by atoms with Gasteiger partial charge in [-0.1, -0.05) is 22.9 Å². The number of anilines is 1. The first-order valence-corrected chi connectivity index (χ1v) is 11.8. The fourth-order valence-electron chi connectivity index (χ4n) is 3.89. The zero-order valence-corrected chi connectivity index (χ0v) is 20.7. The second-order valence-corrected chi connectivity index (χ2v) is 9.13. The fraction of sp³-hybridized carbons (Fsp3) is 0.364. The minimum Gasteiger partial charge on any atom is -0.465 e. The molecule has 0 radical (unpaired) electrons. The lowest BCUT2D eigenvalue weighted by Gasteiger charge is -2.37. The molecule has 0 spiro atoms. The lowest BCUT2D eigenvalue weighted by Crippen LogP contribution is -2.55. The number of aromatic amines is 1. The largest absolute Gasteiger partial charge is 0.465 e. The molecule has 1 amide bonds. The summed E-state index contributed by atoms with van der Waals surface area (Å²) < 4.78 is 10.6. The van der Waals surface area contributed by atoms with Crippen LogP contribution in [0.5, 0.6) is 0 Å². The summed E-state index contributed by atoms with van der Waals surface area (Å²) in [7, 11) is 2.88. The quantitative estimate of drug-likeness (QED) is 0.473. The lowest BCUT2D eigenvalue weighted by atomic mass is 10.0. The van der Waals surface area contributed by atoms with Gasteiger partial charge in [-0.2, -0.15) is 5.26 Å². The van der Waals surface area contributed by atoms with Crippen LogP contribution in [0, 0.1) is 18.3 Å². The van der Waals surface area contributed by atoms with Gasteiger partial charge in [0.25, 0.3) is 5.91 Å². The molecule has 2 atom stereocenters. The third-order valence-electron chi connectivity index (χ3n) is 5.71. The van der Waals surface area contributed by atoms with Gasteiger partial charge in [-0.15, -0.1) is 0 Å². The number of H-pyrrole nitrogens is 1. The molecular weight excluding hydrogens is 494 g/mol. The number of hydrogen-bond acceptors (Lipinski definition) is 10. The molecule has 0 aliphatic carbocycles. The SMILES string of the molecule is COC(=O)c1sc(N2CC[C@@H](NC(=O)c3[nH]c(C)c(Cl)c3C#N)[C@@H](OC)C2)nc1-c1ccncn1. The highest BCUT2D eigenvalue weighted by molar-refractivity contribution is 7.17. The first-order valence-electron chi connectivity index (χ1n) is 10.6. The van der Waals surface area contributed by atoms with Gasteiger partial charge in [0.1, 0.15) is 34.2 Å². The van der Waals surface area contributed by atoms with Gasteiger partial charge in [0.2, 0.25) is 0 Å². The third-order valence-corrected chi connectivity index (χ3v) is 7.28. The lowest BCUT2D eigenvalue weighted by molar-refractivity contribution is 0.0540. The number of ether oxygens (including phenoxy) is 2. The van der Waals surface area contributed by atoms with Crippen molar-refractivity contribution >= 4 is 39.9 Å². The Kier molecular flexibility index (Phi) is 7.30. The highest BCUT2D eigenvalue weighted by Crippen LogP contribution is 2.34. The van der Waals surface area contributed by atoms with Gasteiger partial charge in [-0.25, -0.2) is 19.7 Å². The summed E-state index contributed by atoms with van der Waals surface area (Å²) in [5.41, 5.74) is 1.73. The van der Waals surface area contributed by atoms with E-state index >= 15 is 0 Å². The molecule has 182 valence electrons. The first-order chi connectivity index (χ1) is 16.9. The van der Waals surface area contributed by atoms with Crippen LogP contribution >= 0.6 is 22.9 Å². The summed E-state index contributed by atoms with van der Waals surface area (Å²) in [6.45, 7) is 2.68. The van der Waals surface area contributed by atoms with Crippen LogP contribution in [0.25, 0.3) is 11.4 Å². The van der Waals surface area contributed by atoms with Crippen molar-refractivity contribution in [3.63, 3.8) is 0 Å². The summed E-state index contributed by atoms with van der Waals surface area (Å²) in [5, 5.41) is 13.2. The average Bonchev–Trinajstić information content (AvgIpc) is 3.45. The molecule has 2 N–H and O–H groups in total. The normalized spacial score (nSPS) is 17.6. The van der Waals surface area contributed by atoms with Crippen LogP contribution in [-0.4, -0.2) is 71.3 Å². The van der Waals surface area contributed by atoms with E-state index in [2.05, 4.69) is 25.3 Å². The van der Waals surface area contributed by atoms with E-state index in [9.17, 15) is 14.9 Å². The van der Waals surface area contributed by atoms with Crippen molar-refractivity contribution in [1.82, 2.24) is 25.3 Å². The molecule has 1 aliphatic rings. The zero-order valence-electron chi connectivity index (χ0n) is 19.2. The second kappa shape index (κ2) is 10.4. The van der Waals surface area contributed by atoms with E-state index in [0.717, 1.165) is 0 Å². The number of amides is 1. The maximum Gasteiger partial charge on any atom is 0.350 e. The Balaban J connectivity index is 1.53. The Labute approximate surface area is 210 Å². The van der Waals surface area contributed by atoms with Gasteiger partial charge in [-0.3, -0.25) is 4.79 Å². The van der Waals surface area contributed by atoms with Gasteiger partial charge < -0.3 is 24.7 Å². The molecule has 1 saturated heterocycles. The molecule has 1 aliphatic heterocycles. The molecule has 1 fully saturated rings. The van der Waals surface area contributed by atoms with Crippen LogP contribution < -0.4 is 10.2 Å². The van der Waals surface area contributed by atoms with E-state index < -0.39 is 11.9 Å². The summed E-state index contributed by atoms with van der Waals surface area (Å²) in [5.74, 6) is -0.925. The first kappa shape index (κ1) is 24.6. The number of methoxy groups -OCH3 is 2. The number of esters is 1. The number of thiazole rings is 1. The van der Waals surface area contributed by atoms with Gasteiger partial charge in [0, 0.05) is 32.1 Å². The predicted molar refractivity (Wildman–Crippen MR) is 129 cm³/mol. The van der Waals surface area contributed by atoms with Crippen molar-refractivity contribution < 1.29 is 19.1 Å². The number of nitrogens with one attached hydrogen (secondary N) is 2. The molecule has 4 rings (SSSR count). The van der Waals surface area contributed by atoms with E-state index in [-0.39, 0.29) is 28.4 Å². The number of nitrogens with zero attached hydrogens (tertiary/aromatic N) is 5. The van der Waals surface area contributed by atoms with Crippen molar-refractivity contribution in [3.8, 4) is 17.5 Å². The Morgan fingerprint density at radius 2 is 2.20 bits per heavy atom. The predicted octanol–water partition coefficient (Wildman–Crippen LogP) is 2.57. The highest BCUT2D eigenvalue weighted by atomic mass is 35.5.